The van der Waals surface area contributed by atoms with E-state index in [0.29, 0.717) is 22.8 Å². The summed E-state index contributed by atoms with van der Waals surface area (Å²) in [7, 11) is 1.44. The molecule has 0 spiro atoms. The maximum absolute atomic E-state index is 11.7. The summed E-state index contributed by atoms with van der Waals surface area (Å²) in [6.45, 7) is 2.49. The first-order valence-corrected chi connectivity index (χ1v) is 10.9. The van der Waals surface area contributed by atoms with Gasteiger partial charge >= 0.3 is 5.69 Å². The molecule has 0 aliphatic rings. The van der Waals surface area contributed by atoms with Gasteiger partial charge in [0.2, 0.25) is 5.75 Å². The molecule has 0 N–H and O–H groups in total. The number of para-hydroxylation sites is 1. The van der Waals surface area contributed by atoms with Crippen LogP contribution in [0.1, 0.15) is 43.2 Å². The van der Waals surface area contributed by atoms with E-state index in [0.717, 1.165) is 35.9 Å². The number of nitro benzene ring substituents is 1. The van der Waals surface area contributed by atoms with Crippen molar-refractivity contribution in [2.45, 2.75) is 32.6 Å². The number of nitrogens with zero attached hydrogens (tertiary/aromatic N) is 3. The molecule has 0 saturated carbocycles. The average molecular weight is 438 g/mol. The van der Waals surface area contributed by atoms with Crippen molar-refractivity contribution in [3.05, 3.63) is 57.1 Å². The van der Waals surface area contributed by atoms with Crippen LogP contribution in [0.4, 0.5) is 5.69 Å². The molecule has 8 heteroatoms. The van der Waals surface area contributed by atoms with E-state index in [-0.39, 0.29) is 17.2 Å². The van der Waals surface area contributed by atoms with Gasteiger partial charge in [0.1, 0.15) is 11.1 Å². The summed E-state index contributed by atoms with van der Waals surface area (Å²) in [4.78, 5) is 15.7. The van der Waals surface area contributed by atoms with E-state index in [4.69, 9.17) is 9.47 Å². The molecule has 0 amide bonds. The van der Waals surface area contributed by atoms with Crippen molar-refractivity contribution in [1.82, 2.24) is 4.98 Å². The van der Waals surface area contributed by atoms with E-state index in [1.165, 1.54) is 24.5 Å². The molecule has 1 heterocycles. The molecular weight excluding hydrogens is 414 g/mol. The fourth-order valence-electron chi connectivity index (χ4n) is 3.12. The molecule has 160 valence electrons. The third kappa shape index (κ3) is 5.38. The zero-order chi connectivity index (χ0) is 22.2. The highest BCUT2D eigenvalue weighted by atomic mass is 32.1. The van der Waals surface area contributed by atoms with Gasteiger partial charge in [0, 0.05) is 6.07 Å². The molecule has 0 fully saturated rings. The predicted molar refractivity (Wildman–Crippen MR) is 122 cm³/mol. The largest absolute Gasteiger partial charge is 0.493 e. The molecule has 0 radical (unpaired) electrons. The summed E-state index contributed by atoms with van der Waals surface area (Å²) in [6.07, 6.45) is 5.58. The molecule has 1 aromatic heterocycles. The Balaban J connectivity index is 1.95. The molecule has 0 bridgehead atoms. The molecule has 31 heavy (non-hydrogen) atoms. The maximum Gasteiger partial charge on any atom is 0.315 e. The number of hydrogen-bond donors (Lipinski definition) is 0. The van der Waals surface area contributed by atoms with E-state index in [1.807, 2.05) is 24.3 Å². The number of rotatable bonds is 10. The van der Waals surface area contributed by atoms with Crippen molar-refractivity contribution in [3.63, 3.8) is 0 Å². The van der Waals surface area contributed by atoms with Crippen LogP contribution in [0.2, 0.25) is 0 Å². The Hall–Kier alpha value is -3.44. The first kappa shape index (κ1) is 22.2. The van der Waals surface area contributed by atoms with Gasteiger partial charge < -0.3 is 9.47 Å². The molecule has 0 atom stereocenters. The Morgan fingerprint density at radius 3 is 2.77 bits per heavy atom. The highest BCUT2D eigenvalue weighted by Gasteiger charge is 2.22. The summed E-state index contributed by atoms with van der Waals surface area (Å²) in [5.74, 6) is 0.372. The van der Waals surface area contributed by atoms with Crippen LogP contribution in [0.5, 0.6) is 11.5 Å². The van der Waals surface area contributed by atoms with E-state index in [1.54, 1.807) is 12.1 Å². The molecule has 3 rings (SSSR count). The smallest absolute Gasteiger partial charge is 0.315 e. The van der Waals surface area contributed by atoms with Gasteiger partial charge in [-0.05, 0) is 36.3 Å². The van der Waals surface area contributed by atoms with E-state index in [9.17, 15) is 15.4 Å². The van der Waals surface area contributed by atoms with Gasteiger partial charge in [0.25, 0.3) is 0 Å². The second-order valence-corrected chi connectivity index (χ2v) is 7.92. The first-order valence-electron chi connectivity index (χ1n) is 10.0. The first-order chi connectivity index (χ1) is 15.1. The lowest BCUT2D eigenvalue weighted by Gasteiger charge is -2.12. The van der Waals surface area contributed by atoms with Crippen LogP contribution in [0.25, 0.3) is 21.9 Å². The summed E-state index contributed by atoms with van der Waals surface area (Å²) < 4.78 is 12.1. The number of nitriles is 1. The van der Waals surface area contributed by atoms with Crippen molar-refractivity contribution in [2.75, 3.05) is 13.7 Å². The SMILES string of the molecule is CCCCCCOc1c(OC)cc(/C=C(/C#N)c2nc3ccccc3s2)cc1[N+](=O)[O-]. The number of nitro groups is 1. The third-order valence-electron chi connectivity index (χ3n) is 4.67. The van der Waals surface area contributed by atoms with Crippen LogP contribution in [0, 0.1) is 21.4 Å². The van der Waals surface area contributed by atoms with Crippen LogP contribution >= 0.6 is 11.3 Å². The van der Waals surface area contributed by atoms with Crippen molar-refractivity contribution >= 4 is 38.9 Å². The van der Waals surface area contributed by atoms with Crippen molar-refractivity contribution < 1.29 is 14.4 Å². The Bertz CT molecular complexity index is 1110. The summed E-state index contributed by atoms with van der Waals surface area (Å²) >= 11 is 1.40. The zero-order valence-electron chi connectivity index (χ0n) is 17.5. The minimum Gasteiger partial charge on any atom is -0.493 e. The lowest BCUT2D eigenvalue weighted by molar-refractivity contribution is -0.386. The zero-order valence-corrected chi connectivity index (χ0v) is 18.3. The number of methoxy groups -OCH3 is 1. The van der Waals surface area contributed by atoms with E-state index >= 15 is 0 Å². The second-order valence-electron chi connectivity index (χ2n) is 6.89. The minimum absolute atomic E-state index is 0.111. The third-order valence-corrected chi connectivity index (χ3v) is 5.74. The van der Waals surface area contributed by atoms with Gasteiger partial charge in [-0.1, -0.05) is 38.3 Å². The number of ether oxygens (including phenoxy) is 2. The normalized spacial score (nSPS) is 11.3. The van der Waals surface area contributed by atoms with Crippen LogP contribution in [-0.4, -0.2) is 23.6 Å². The molecule has 2 aromatic carbocycles. The number of fused-ring (bicyclic) bond motifs is 1. The number of allylic oxidation sites excluding steroid dienone is 1. The number of thiazole rings is 1. The summed E-state index contributed by atoms with van der Waals surface area (Å²) in [5.41, 5.74) is 1.41. The maximum atomic E-state index is 11.7. The molecule has 7 nitrogen and oxygen atoms in total. The molecule has 0 saturated heterocycles. The van der Waals surface area contributed by atoms with E-state index in [2.05, 4.69) is 18.0 Å². The van der Waals surface area contributed by atoms with Gasteiger partial charge in [-0.15, -0.1) is 11.3 Å². The van der Waals surface area contributed by atoms with Crippen LogP contribution in [0.15, 0.2) is 36.4 Å². The fraction of sp³-hybridized carbons (Fsp3) is 0.304. The predicted octanol–water partition coefficient (Wildman–Crippen LogP) is 6.24. The Morgan fingerprint density at radius 2 is 2.10 bits per heavy atom. The Morgan fingerprint density at radius 1 is 1.29 bits per heavy atom. The monoisotopic (exact) mass is 437 g/mol. The van der Waals surface area contributed by atoms with Crippen molar-refractivity contribution in [2.24, 2.45) is 0 Å². The number of hydrogen-bond acceptors (Lipinski definition) is 7. The molecule has 0 unspecified atom stereocenters. The van der Waals surface area contributed by atoms with Crippen LogP contribution in [-0.2, 0) is 0 Å². The highest BCUT2D eigenvalue weighted by molar-refractivity contribution is 7.19. The highest BCUT2D eigenvalue weighted by Crippen LogP contribution is 2.39. The molecule has 0 aliphatic heterocycles. The van der Waals surface area contributed by atoms with Crippen LogP contribution in [0.3, 0.4) is 0 Å². The number of benzene rings is 2. The van der Waals surface area contributed by atoms with Gasteiger partial charge in [-0.2, -0.15) is 5.26 Å². The number of unbranched alkanes of at least 4 members (excludes halogenated alkanes) is 3. The minimum atomic E-state index is -0.495. The standard InChI is InChI=1S/C23H23N3O4S/c1-3-4-5-8-11-30-22-19(26(27)28)13-16(14-20(22)29-2)12-17(15-24)23-25-18-9-6-7-10-21(18)31-23/h6-7,9-10,12-14H,3-5,8,11H2,1-2H3/b17-12-. The molecule has 0 aliphatic carbocycles. The van der Waals surface area contributed by atoms with Crippen LogP contribution < -0.4 is 9.47 Å². The van der Waals surface area contributed by atoms with Gasteiger partial charge in [0.05, 0.1) is 34.4 Å². The lowest BCUT2D eigenvalue weighted by Crippen LogP contribution is -2.03. The molecule has 3 aromatic rings. The van der Waals surface area contributed by atoms with Crippen molar-refractivity contribution in [3.8, 4) is 17.6 Å². The van der Waals surface area contributed by atoms with Gasteiger partial charge in [0.15, 0.2) is 5.75 Å². The topological polar surface area (TPSA) is 98.3 Å². The Labute approximate surface area is 184 Å². The second kappa shape index (κ2) is 10.5. The van der Waals surface area contributed by atoms with Gasteiger partial charge in [-0.3, -0.25) is 10.1 Å². The average Bonchev–Trinajstić information content (AvgIpc) is 3.21. The lowest BCUT2D eigenvalue weighted by atomic mass is 10.1. The summed E-state index contributed by atoms with van der Waals surface area (Å²) in [5, 5.41) is 21.9. The quantitative estimate of drug-likeness (QED) is 0.161. The van der Waals surface area contributed by atoms with E-state index < -0.39 is 4.92 Å². The number of aromatic nitrogens is 1. The van der Waals surface area contributed by atoms with Gasteiger partial charge in [-0.25, -0.2) is 4.98 Å². The Kier molecular flexibility index (Phi) is 7.57. The van der Waals surface area contributed by atoms with Crippen molar-refractivity contribution in [1.29, 1.82) is 5.26 Å². The summed E-state index contributed by atoms with van der Waals surface area (Å²) in [6, 6.07) is 12.8. The molecular formula is C23H23N3O4S. The fourth-order valence-corrected chi connectivity index (χ4v) is 4.05.